The second-order valence-electron chi connectivity index (χ2n) is 7.34. The normalized spacial score (nSPS) is 21.9. The van der Waals surface area contributed by atoms with Gasteiger partial charge >= 0.3 is 0 Å². The fourth-order valence-electron chi connectivity index (χ4n) is 3.92. The van der Waals surface area contributed by atoms with Crippen molar-refractivity contribution in [2.45, 2.75) is 49.8 Å². The van der Waals surface area contributed by atoms with E-state index in [1.165, 1.54) is 0 Å². The molecule has 2 fully saturated rings. The standard InChI is InChI=1S/C18H22Cl2N4O2S/c19-14-8-16-17(9-15(14)20)22-18(10-21-16)24-7-3-6-13(11-24)27(25,26)23-12-4-1-2-5-12/h8-10,12-13,23H,1-7,11H2. The predicted octanol–water partition coefficient (Wildman–Crippen LogP) is 3.77. The molecule has 9 heteroatoms. The number of sulfonamides is 1. The second kappa shape index (κ2) is 7.70. The number of aromatic nitrogens is 2. The van der Waals surface area contributed by atoms with Crippen LogP contribution >= 0.6 is 23.2 Å². The van der Waals surface area contributed by atoms with Gasteiger partial charge in [0.15, 0.2) is 0 Å². The van der Waals surface area contributed by atoms with Crippen molar-refractivity contribution < 1.29 is 8.42 Å². The van der Waals surface area contributed by atoms with E-state index in [1.807, 2.05) is 4.90 Å². The van der Waals surface area contributed by atoms with Gasteiger partial charge in [0.1, 0.15) is 5.82 Å². The highest BCUT2D eigenvalue weighted by Crippen LogP contribution is 2.28. The van der Waals surface area contributed by atoms with Crippen molar-refractivity contribution in [2.75, 3.05) is 18.0 Å². The maximum Gasteiger partial charge on any atom is 0.216 e. The highest BCUT2D eigenvalue weighted by atomic mass is 35.5. The highest BCUT2D eigenvalue weighted by Gasteiger charge is 2.33. The zero-order valence-corrected chi connectivity index (χ0v) is 17.2. The van der Waals surface area contributed by atoms with E-state index in [2.05, 4.69) is 14.7 Å². The molecule has 1 unspecified atom stereocenters. The van der Waals surface area contributed by atoms with E-state index in [0.29, 0.717) is 39.9 Å². The van der Waals surface area contributed by atoms with E-state index in [0.717, 1.165) is 38.6 Å². The van der Waals surface area contributed by atoms with Gasteiger partial charge in [0.05, 0.1) is 32.5 Å². The van der Waals surface area contributed by atoms with Crippen molar-refractivity contribution in [1.29, 1.82) is 0 Å². The lowest BCUT2D eigenvalue weighted by atomic mass is 10.1. The van der Waals surface area contributed by atoms with E-state index in [9.17, 15) is 8.42 Å². The summed E-state index contributed by atoms with van der Waals surface area (Å²) >= 11 is 12.1. The number of fused-ring (bicyclic) bond motifs is 1. The number of nitrogens with zero attached hydrogens (tertiary/aromatic N) is 3. The number of hydrogen-bond acceptors (Lipinski definition) is 5. The van der Waals surface area contributed by atoms with Gasteiger partial charge in [0.25, 0.3) is 0 Å². The van der Waals surface area contributed by atoms with E-state index in [1.54, 1.807) is 18.3 Å². The van der Waals surface area contributed by atoms with Crippen molar-refractivity contribution in [2.24, 2.45) is 0 Å². The Kier molecular flexibility index (Phi) is 5.47. The van der Waals surface area contributed by atoms with Crippen LogP contribution in [0.15, 0.2) is 18.3 Å². The molecule has 27 heavy (non-hydrogen) atoms. The van der Waals surface area contributed by atoms with Crippen LogP contribution in [0.1, 0.15) is 38.5 Å². The Morgan fingerprint density at radius 1 is 1.04 bits per heavy atom. The van der Waals surface area contributed by atoms with E-state index in [4.69, 9.17) is 23.2 Å². The third kappa shape index (κ3) is 4.16. The van der Waals surface area contributed by atoms with Crippen LogP contribution in [0.2, 0.25) is 10.0 Å². The monoisotopic (exact) mass is 428 g/mol. The van der Waals surface area contributed by atoms with Crippen molar-refractivity contribution in [3.63, 3.8) is 0 Å². The van der Waals surface area contributed by atoms with Gasteiger partial charge in [-0.25, -0.2) is 18.1 Å². The second-order valence-corrected chi connectivity index (χ2v) is 10.1. The van der Waals surface area contributed by atoms with E-state index < -0.39 is 15.3 Å². The van der Waals surface area contributed by atoms with Gasteiger partial charge in [-0.15, -0.1) is 0 Å². The first-order valence-electron chi connectivity index (χ1n) is 9.30. The number of nitrogens with one attached hydrogen (secondary N) is 1. The zero-order valence-electron chi connectivity index (χ0n) is 14.9. The van der Waals surface area contributed by atoms with Gasteiger partial charge < -0.3 is 4.90 Å². The third-order valence-electron chi connectivity index (χ3n) is 5.40. The first-order valence-corrected chi connectivity index (χ1v) is 11.6. The topological polar surface area (TPSA) is 75.2 Å². The minimum Gasteiger partial charge on any atom is -0.354 e. The molecule has 1 aromatic heterocycles. The van der Waals surface area contributed by atoms with Crippen LogP contribution in [0.5, 0.6) is 0 Å². The average molecular weight is 429 g/mol. The number of anilines is 1. The van der Waals surface area contributed by atoms with Gasteiger partial charge in [-0.2, -0.15) is 0 Å². The summed E-state index contributed by atoms with van der Waals surface area (Å²) in [5.74, 6) is 0.668. The lowest BCUT2D eigenvalue weighted by molar-refractivity contribution is 0.505. The fourth-order valence-corrected chi connectivity index (χ4v) is 5.98. The van der Waals surface area contributed by atoms with Gasteiger partial charge in [0.2, 0.25) is 10.0 Å². The van der Waals surface area contributed by atoms with Crippen LogP contribution in [0.3, 0.4) is 0 Å². The Labute approximate surface area is 169 Å². The lowest BCUT2D eigenvalue weighted by Crippen LogP contribution is -2.48. The molecule has 0 amide bonds. The number of hydrogen-bond donors (Lipinski definition) is 1. The molecule has 6 nitrogen and oxygen atoms in total. The van der Waals surface area contributed by atoms with Crippen LogP contribution in [-0.2, 0) is 10.0 Å². The van der Waals surface area contributed by atoms with Gasteiger partial charge in [-0.05, 0) is 37.8 Å². The summed E-state index contributed by atoms with van der Waals surface area (Å²) in [5.41, 5.74) is 1.31. The Hall–Kier alpha value is -1.15. The fraction of sp³-hybridized carbons (Fsp3) is 0.556. The van der Waals surface area contributed by atoms with Crippen LogP contribution in [0.25, 0.3) is 11.0 Å². The summed E-state index contributed by atoms with van der Waals surface area (Å²) in [5, 5.41) is 0.432. The minimum absolute atomic E-state index is 0.0951. The number of piperidine rings is 1. The molecule has 146 valence electrons. The summed E-state index contributed by atoms with van der Waals surface area (Å²) in [6.45, 7) is 1.18. The summed E-state index contributed by atoms with van der Waals surface area (Å²) in [6, 6.07) is 3.47. The molecule has 0 spiro atoms. The highest BCUT2D eigenvalue weighted by molar-refractivity contribution is 7.90. The molecule has 0 bridgehead atoms. The first kappa shape index (κ1) is 19.2. The van der Waals surface area contributed by atoms with Gasteiger partial charge in [-0.1, -0.05) is 36.0 Å². The Bertz CT molecular complexity index is 948. The maximum absolute atomic E-state index is 12.8. The van der Waals surface area contributed by atoms with E-state index >= 15 is 0 Å². The molecule has 1 aliphatic carbocycles. The third-order valence-corrected chi connectivity index (χ3v) is 8.05. The molecule has 1 atom stereocenters. The first-order chi connectivity index (χ1) is 12.9. The maximum atomic E-state index is 12.8. The van der Waals surface area contributed by atoms with Crippen molar-refractivity contribution in [3.05, 3.63) is 28.4 Å². The number of benzene rings is 1. The smallest absolute Gasteiger partial charge is 0.216 e. The van der Waals surface area contributed by atoms with Crippen LogP contribution in [0, 0.1) is 0 Å². The van der Waals surface area contributed by atoms with Crippen LogP contribution in [0.4, 0.5) is 5.82 Å². The lowest BCUT2D eigenvalue weighted by Gasteiger charge is -2.33. The van der Waals surface area contributed by atoms with Crippen molar-refractivity contribution in [3.8, 4) is 0 Å². The molecule has 0 radical (unpaired) electrons. The van der Waals surface area contributed by atoms with Crippen LogP contribution in [-0.4, -0.2) is 42.8 Å². The van der Waals surface area contributed by atoms with Crippen molar-refractivity contribution >= 4 is 50.1 Å². The average Bonchev–Trinajstić information content (AvgIpc) is 3.15. The summed E-state index contributed by atoms with van der Waals surface area (Å²) in [4.78, 5) is 11.0. The molecule has 1 saturated heterocycles. The molecular formula is C18H22Cl2N4O2S. The Morgan fingerprint density at radius 2 is 1.74 bits per heavy atom. The quantitative estimate of drug-likeness (QED) is 0.801. The zero-order chi connectivity index (χ0) is 19.0. The molecule has 4 rings (SSSR count). The number of halogens is 2. The molecule has 2 heterocycles. The largest absolute Gasteiger partial charge is 0.354 e. The molecule has 1 saturated carbocycles. The van der Waals surface area contributed by atoms with Gasteiger partial charge in [0, 0.05) is 19.1 Å². The molecular weight excluding hydrogens is 407 g/mol. The number of rotatable bonds is 4. The SMILES string of the molecule is O=S(=O)(NC1CCCC1)C1CCCN(c2cnc3cc(Cl)c(Cl)cc3n2)C1. The minimum atomic E-state index is -3.34. The predicted molar refractivity (Wildman–Crippen MR) is 109 cm³/mol. The van der Waals surface area contributed by atoms with Gasteiger partial charge in [-0.3, -0.25) is 4.98 Å². The molecule has 2 aliphatic rings. The van der Waals surface area contributed by atoms with Crippen molar-refractivity contribution in [1.82, 2.24) is 14.7 Å². The summed E-state index contributed by atoms with van der Waals surface area (Å²) in [6.07, 6.45) is 7.22. The Balaban J connectivity index is 1.54. The molecule has 1 N–H and O–H groups in total. The van der Waals surface area contributed by atoms with E-state index in [-0.39, 0.29) is 6.04 Å². The molecule has 2 aromatic rings. The summed E-state index contributed by atoms with van der Waals surface area (Å²) < 4.78 is 28.5. The Morgan fingerprint density at radius 3 is 2.48 bits per heavy atom. The van der Waals surface area contributed by atoms with Crippen LogP contribution < -0.4 is 9.62 Å². The summed E-state index contributed by atoms with van der Waals surface area (Å²) in [7, 11) is -3.34. The molecule has 1 aliphatic heterocycles. The molecule has 1 aromatic carbocycles.